The molecule has 0 fully saturated rings. The largest absolute Gasteiger partial charge is 0.233 e. The molecule has 0 spiro atoms. The van der Waals surface area contributed by atoms with Crippen molar-refractivity contribution in [2.45, 2.75) is 29.4 Å². The molecular formula is C54H38N2S2. The standard InChI is InChI=1S/C54H38N2S2/c1-33(35-15-5-3-6-16-35)55-54(36-17-7-4-8-18-36)56-34(2)37-29-30-40-39(31-37)32-38-19-11-21-41(50(38)40)43-23-12-25-45-46-26-13-24-44(53(46)58-52(43)45)42-22-14-28-49-51(42)47-20-9-10-27-48(47)57-49/h3-31,46,53H,1,32H2,2H3. The molecule has 1 aliphatic heterocycles. The maximum Gasteiger partial charge on any atom is 0.160 e. The van der Waals surface area contributed by atoms with Gasteiger partial charge in [0.15, 0.2) is 5.84 Å². The molecular weight excluding hydrogens is 741 g/mol. The summed E-state index contributed by atoms with van der Waals surface area (Å²) in [6.45, 7) is 6.37. The van der Waals surface area contributed by atoms with E-state index in [1.807, 2.05) is 59.9 Å². The molecule has 0 saturated carbocycles. The van der Waals surface area contributed by atoms with Crippen LogP contribution in [0.15, 0.2) is 197 Å². The molecule has 3 aliphatic rings. The van der Waals surface area contributed by atoms with Crippen molar-refractivity contribution in [3.63, 3.8) is 0 Å². The van der Waals surface area contributed by atoms with E-state index >= 15 is 0 Å². The highest BCUT2D eigenvalue weighted by atomic mass is 32.2. The maximum absolute atomic E-state index is 5.15. The summed E-state index contributed by atoms with van der Waals surface area (Å²) in [4.78, 5) is 11.5. The van der Waals surface area contributed by atoms with Gasteiger partial charge in [0.05, 0.1) is 5.70 Å². The molecule has 11 rings (SSSR count). The minimum Gasteiger partial charge on any atom is -0.233 e. The molecule has 0 N–H and O–H groups in total. The minimum atomic E-state index is 0.313. The number of hydrogen-bond acceptors (Lipinski definition) is 3. The summed E-state index contributed by atoms with van der Waals surface area (Å²) in [5.41, 5.74) is 16.9. The summed E-state index contributed by atoms with van der Waals surface area (Å²) in [6, 6.07) is 56.7. The van der Waals surface area contributed by atoms with E-state index in [4.69, 9.17) is 9.98 Å². The minimum absolute atomic E-state index is 0.313. The van der Waals surface area contributed by atoms with Gasteiger partial charge in [0.2, 0.25) is 0 Å². The predicted octanol–water partition coefficient (Wildman–Crippen LogP) is 14.4. The number of thioether (sulfide) groups is 1. The van der Waals surface area contributed by atoms with Crippen LogP contribution in [0.4, 0.5) is 0 Å². The number of benzene rings is 7. The molecule has 2 aliphatic carbocycles. The lowest BCUT2D eigenvalue weighted by atomic mass is 9.83. The fourth-order valence-electron chi connectivity index (χ4n) is 9.11. The predicted molar refractivity (Wildman–Crippen MR) is 250 cm³/mol. The van der Waals surface area contributed by atoms with E-state index in [-0.39, 0.29) is 0 Å². The number of nitrogens with zero attached hydrogens (tertiary/aromatic N) is 2. The average Bonchev–Trinajstić information content (AvgIpc) is 3.98. The van der Waals surface area contributed by atoms with Gasteiger partial charge in [0, 0.05) is 47.5 Å². The van der Waals surface area contributed by atoms with E-state index in [1.165, 1.54) is 75.1 Å². The van der Waals surface area contributed by atoms with Crippen molar-refractivity contribution in [1.29, 1.82) is 0 Å². The van der Waals surface area contributed by atoms with Crippen LogP contribution in [0.3, 0.4) is 0 Å². The monoisotopic (exact) mass is 778 g/mol. The highest BCUT2D eigenvalue weighted by Crippen LogP contribution is 2.57. The van der Waals surface area contributed by atoms with E-state index in [0.29, 0.717) is 22.7 Å². The number of hydrogen-bond donors (Lipinski definition) is 0. The highest BCUT2D eigenvalue weighted by Gasteiger charge is 2.38. The van der Waals surface area contributed by atoms with Gasteiger partial charge in [0.25, 0.3) is 0 Å². The first-order valence-corrected chi connectivity index (χ1v) is 21.6. The molecule has 8 aromatic rings. The molecule has 0 amide bonds. The van der Waals surface area contributed by atoms with Crippen molar-refractivity contribution in [2.75, 3.05) is 0 Å². The SMILES string of the molecule is C=C(N=C(N=C(C)c1ccc2c(c1)Cc1cccc(-c3cccc4c3SC3C(c5cccc6sc7ccccc7c56)=CC=CC43)c1-2)c1ccccc1)c1ccccc1. The number of rotatable bonds is 6. The Bertz CT molecular complexity index is 3090. The second-order valence-corrected chi connectivity index (χ2v) is 17.5. The van der Waals surface area contributed by atoms with Gasteiger partial charge in [-0.05, 0) is 92.8 Å². The Kier molecular flexibility index (Phi) is 8.57. The van der Waals surface area contributed by atoms with Gasteiger partial charge in [-0.25, -0.2) is 9.98 Å². The Hall–Kier alpha value is -6.33. The molecule has 58 heavy (non-hydrogen) atoms. The maximum atomic E-state index is 5.15. The number of allylic oxidation sites excluding steroid dienone is 3. The molecule has 2 nitrogen and oxygen atoms in total. The van der Waals surface area contributed by atoms with Crippen LogP contribution >= 0.6 is 23.1 Å². The summed E-state index contributed by atoms with van der Waals surface area (Å²) in [6.07, 6.45) is 7.98. The summed E-state index contributed by atoms with van der Waals surface area (Å²) >= 11 is 3.95. The quantitative estimate of drug-likeness (QED) is 0.122. The fourth-order valence-corrected chi connectivity index (χ4v) is 11.9. The number of aliphatic imine (C=N–C) groups is 2. The first-order chi connectivity index (χ1) is 28.6. The molecule has 0 bridgehead atoms. The van der Waals surface area contributed by atoms with Gasteiger partial charge in [-0.1, -0.05) is 164 Å². The van der Waals surface area contributed by atoms with Crippen LogP contribution in [0.25, 0.3) is 53.7 Å². The Balaban J connectivity index is 0.944. The van der Waals surface area contributed by atoms with E-state index in [0.717, 1.165) is 28.8 Å². The Morgan fingerprint density at radius 1 is 0.621 bits per heavy atom. The zero-order valence-electron chi connectivity index (χ0n) is 32.0. The van der Waals surface area contributed by atoms with Gasteiger partial charge in [-0.15, -0.1) is 23.1 Å². The van der Waals surface area contributed by atoms with Crippen LogP contribution in [0.2, 0.25) is 0 Å². The number of amidine groups is 1. The Labute approximate surface area is 347 Å². The van der Waals surface area contributed by atoms with Crippen LogP contribution in [-0.4, -0.2) is 16.8 Å². The summed E-state index contributed by atoms with van der Waals surface area (Å²) in [7, 11) is 0. The summed E-state index contributed by atoms with van der Waals surface area (Å²) in [5, 5.41) is 3.06. The Morgan fingerprint density at radius 3 is 2.21 bits per heavy atom. The highest BCUT2D eigenvalue weighted by molar-refractivity contribution is 8.01. The molecule has 2 unspecified atom stereocenters. The first-order valence-electron chi connectivity index (χ1n) is 19.9. The first kappa shape index (κ1) is 34.9. The lowest BCUT2D eigenvalue weighted by molar-refractivity contribution is 0.894. The van der Waals surface area contributed by atoms with Crippen molar-refractivity contribution in [2.24, 2.45) is 9.98 Å². The van der Waals surface area contributed by atoms with Gasteiger partial charge in [-0.3, -0.25) is 0 Å². The second kappa shape index (κ2) is 14.2. The average molecular weight is 779 g/mol. The smallest absolute Gasteiger partial charge is 0.160 e. The topological polar surface area (TPSA) is 24.7 Å². The normalized spacial score (nSPS) is 16.9. The van der Waals surface area contributed by atoms with Crippen molar-refractivity contribution in [3.05, 3.63) is 221 Å². The molecule has 1 aromatic heterocycles. The van der Waals surface area contributed by atoms with Gasteiger partial charge in [-0.2, -0.15) is 0 Å². The third kappa shape index (κ3) is 5.86. The van der Waals surface area contributed by atoms with Crippen molar-refractivity contribution in [1.82, 2.24) is 0 Å². The van der Waals surface area contributed by atoms with Crippen LogP contribution in [0.1, 0.15) is 51.8 Å². The second-order valence-electron chi connectivity index (χ2n) is 15.3. The zero-order chi connectivity index (χ0) is 38.7. The lowest BCUT2D eigenvalue weighted by Gasteiger charge is -2.24. The lowest BCUT2D eigenvalue weighted by Crippen LogP contribution is -2.13. The third-order valence-electron chi connectivity index (χ3n) is 11.9. The molecule has 2 atom stereocenters. The number of fused-ring (bicyclic) bond motifs is 9. The van der Waals surface area contributed by atoms with Crippen LogP contribution < -0.4 is 0 Å². The van der Waals surface area contributed by atoms with Crippen molar-refractivity contribution < 1.29 is 0 Å². The van der Waals surface area contributed by atoms with Gasteiger partial charge in [0.1, 0.15) is 0 Å². The Morgan fingerprint density at radius 2 is 1.34 bits per heavy atom. The summed E-state index contributed by atoms with van der Waals surface area (Å²) < 4.78 is 2.70. The number of thiophene rings is 1. The molecule has 4 heteroatoms. The molecule has 276 valence electrons. The van der Waals surface area contributed by atoms with Gasteiger partial charge >= 0.3 is 0 Å². The zero-order valence-corrected chi connectivity index (χ0v) is 33.7. The van der Waals surface area contributed by atoms with E-state index in [2.05, 4.69) is 153 Å². The third-order valence-corrected chi connectivity index (χ3v) is 14.5. The van der Waals surface area contributed by atoms with Crippen LogP contribution in [-0.2, 0) is 6.42 Å². The van der Waals surface area contributed by atoms with E-state index < -0.39 is 0 Å². The van der Waals surface area contributed by atoms with Crippen molar-refractivity contribution >= 4 is 66.1 Å². The van der Waals surface area contributed by atoms with Crippen LogP contribution in [0, 0.1) is 0 Å². The van der Waals surface area contributed by atoms with E-state index in [9.17, 15) is 0 Å². The molecule has 7 aromatic carbocycles. The summed E-state index contributed by atoms with van der Waals surface area (Å²) in [5.74, 6) is 0.977. The van der Waals surface area contributed by atoms with Gasteiger partial charge < -0.3 is 0 Å². The molecule has 0 saturated heterocycles. The fraction of sp³-hybridized carbons (Fsp3) is 0.0741. The molecule has 2 heterocycles. The van der Waals surface area contributed by atoms with Crippen LogP contribution in [0.5, 0.6) is 0 Å². The van der Waals surface area contributed by atoms with Crippen molar-refractivity contribution in [3.8, 4) is 22.3 Å². The molecule has 0 radical (unpaired) electrons. The van der Waals surface area contributed by atoms with E-state index in [1.54, 1.807) is 0 Å².